The lowest BCUT2D eigenvalue weighted by Crippen LogP contribution is -2.32. The number of carbonyl (C=O) groups is 2. The highest BCUT2D eigenvalue weighted by Gasteiger charge is 2.37. The number of hydrogen-bond donors (Lipinski definition) is 1. The molecule has 142 valence electrons. The fraction of sp³-hybridized carbons (Fsp3) is 0.150. The fourth-order valence-corrected chi connectivity index (χ4v) is 3.38. The van der Waals surface area contributed by atoms with Gasteiger partial charge in [0, 0.05) is 34.1 Å². The van der Waals surface area contributed by atoms with Crippen LogP contribution in [0.4, 0.5) is 10.5 Å². The Hall–Kier alpha value is -3.32. The highest BCUT2D eigenvalue weighted by molar-refractivity contribution is 6.31. The van der Waals surface area contributed by atoms with Crippen LogP contribution in [0.5, 0.6) is 5.75 Å². The number of hydrogen-bond acceptors (Lipinski definition) is 4. The number of methoxy groups -OCH3 is 1. The Labute approximate surface area is 166 Å². The predicted molar refractivity (Wildman–Crippen MR) is 105 cm³/mol. The topological polar surface area (TPSA) is 78.5 Å². The number of nitrogens with one attached hydrogen (secondary N) is 1. The number of anilines is 1. The maximum Gasteiger partial charge on any atom is 0.332 e. The number of H-pyrrole nitrogens is 1. The van der Waals surface area contributed by atoms with Gasteiger partial charge in [-0.05, 0) is 23.8 Å². The molecule has 0 bridgehead atoms. The zero-order valence-corrected chi connectivity index (χ0v) is 15.8. The summed E-state index contributed by atoms with van der Waals surface area (Å²) in [7, 11) is 1.56. The molecule has 1 aromatic heterocycles. The van der Waals surface area contributed by atoms with Crippen LogP contribution >= 0.6 is 11.6 Å². The van der Waals surface area contributed by atoms with Gasteiger partial charge in [0.05, 0.1) is 19.9 Å². The Morgan fingerprint density at radius 3 is 2.75 bits per heavy atom. The molecule has 1 fully saturated rings. The maximum atomic E-state index is 12.9. The van der Waals surface area contributed by atoms with E-state index in [1.807, 2.05) is 12.1 Å². The number of amides is 3. The van der Waals surface area contributed by atoms with E-state index in [1.165, 1.54) is 9.80 Å². The Morgan fingerprint density at radius 2 is 2.04 bits per heavy atom. The average molecular weight is 397 g/mol. The number of benzene rings is 2. The maximum absolute atomic E-state index is 12.9. The normalized spacial score (nSPS) is 14.1. The average Bonchev–Trinajstić information content (AvgIpc) is 3.33. The largest absolute Gasteiger partial charge is 0.496 e. The smallest absolute Gasteiger partial charge is 0.332 e. The molecule has 0 atom stereocenters. The number of aromatic amines is 1. The molecule has 2 aromatic carbocycles. The van der Waals surface area contributed by atoms with Crippen molar-refractivity contribution >= 4 is 29.2 Å². The van der Waals surface area contributed by atoms with Gasteiger partial charge >= 0.3 is 6.03 Å². The summed E-state index contributed by atoms with van der Waals surface area (Å²) in [6, 6.07) is 12.1. The second kappa shape index (κ2) is 7.36. The van der Waals surface area contributed by atoms with Gasteiger partial charge in [0.15, 0.2) is 0 Å². The van der Waals surface area contributed by atoms with Gasteiger partial charge in [-0.25, -0.2) is 4.79 Å². The number of carbonyl (C=O) groups excluding carboxylic acids is 2. The number of urea groups is 1. The van der Waals surface area contributed by atoms with Crippen molar-refractivity contribution in [1.29, 1.82) is 0 Å². The number of rotatable bonds is 5. The molecule has 1 N–H and O–H groups in total. The second-order valence-electron chi connectivity index (χ2n) is 6.31. The molecule has 0 radical (unpaired) electrons. The molecule has 0 aliphatic carbocycles. The van der Waals surface area contributed by atoms with E-state index < -0.39 is 0 Å². The van der Waals surface area contributed by atoms with Gasteiger partial charge in [0.2, 0.25) is 0 Å². The summed E-state index contributed by atoms with van der Waals surface area (Å²) in [4.78, 5) is 28.0. The lowest BCUT2D eigenvalue weighted by atomic mass is 10.1. The van der Waals surface area contributed by atoms with E-state index in [-0.39, 0.29) is 25.0 Å². The molecule has 1 saturated heterocycles. The van der Waals surface area contributed by atoms with Crippen molar-refractivity contribution in [3.63, 3.8) is 0 Å². The van der Waals surface area contributed by atoms with Crippen LogP contribution < -0.4 is 9.64 Å². The van der Waals surface area contributed by atoms with Crippen molar-refractivity contribution in [3.05, 3.63) is 65.4 Å². The molecule has 3 amide bonds. The molecular formula is C20H17ClN4O3. The van der Waals surface area contributed by atoms with Crippen molar-refractivity contribution in [2.24, 2.45) is 0 Å². The molecule has 2 heterocycles. The quantitative estimate of drug-likeness (QED) is 0.667. The van der Waals surface area contributed by atoms with Crippen LogP contribution in [0.15, 0.2) is 54.9 Å². The van der Waals surface area contributed by atoms with Crippen LogP contribution in [-0.4, -0.2) is 40.7 Å². The molecule has 28 heavy (non-hydrogen) atoms. The minimum Gasteiger partial charge on any atom is -0.496 e. The van der Waals surface area contributed by atoms with Crippen LogP contribution in [0.2, 0.25) is 5.02 Å². The van der Waals surface area contributed by atoms with Gasteiger partial charge in [-0.3, -0.25) is 19.7 Å². The van der Waals surface area contributed by atoms with E-state index in [1.54, 1.807) is 49.8 Å². The summed E-state index contributed by atoms with van der Waals surface area (Å²) in [6.45, 7) is 0.107. The Morgan fingerprint density at radius 1 is 1.21 bits per heavy atom. The van der Waals surface area contributed by atoms with Gasteiger partial charge in [-0.1, -0.05) is 29.8 Å². The summed E-state index contributed by atoms with van der Waals surface area (Å²) >= 11 is 6.17. The minimum atomic E-state index is -0.386. The summed E-state index contributed by atoms with van der Waals surface area (Å²) in [5.41, 5.74) is 3.02. The second-order valence-corrected chi connectivity index (χ2v) is 6.72. The summed E-state index contributed by atoms with van der Waals surface area (Å²) in [5.74, 6) is 0.312. The van der Waals surface area contributed by atoms with E-state index in [2.05, 4.69) is 10.2 Å². The molecule has 8 heteroatoms. The molecule has 0 saturated carbocycles. The van der Waals surface area contributed by atoms with Gasteiger partial charge in [-0.2, -0.15) is 5.10 Å². The van der Waals surface area contributed by atoms with Crippen LogP contribution in [0, 0.1) is 0 Å². The van der Waals surface area contributed by atoms with E-state index in [9.17, 15) is 9.59 Å². The van der Waals surface area contributed by atoms with Gasteiger partial charge in [-0.15, -0.1) is 0 Å². The molecule has 4 rings (SSSR count). The van der Waals surface area contributed by atoms with Crippen molar-refractivity contribution in [1.82, 2.24) is 15.1 Å². The van der Waals surface area contributed by atoms with Gasteiger partial charge in [0.1, 0.15) is 12.3 Å². The Kier molecular flexibility index (Phi) is 4.75. The van der Waals surface area contributed by atoms with Crippen LogP contribution in [0.1, 0.15) is 5.56 Å². The van der Waals surface area contributed by atoms with Gasteiger partial charge in [0.25, 0.3) is 5.91 Å². The van der Waals surface area contributed by atoms with Crippen LogP contribution in [0.25, 0.3) is 11.1 Å². The lowest BCUT2D eigenvalue weighted by Gasteiger charge is -2.19. The number of halogens is 1. The first-order valence-electron chi connectivity index (χ1n) is 8.61. The van der Waals surface area contributed by atoms with E-state index in [0.717, 1.165) is 16.7 Å². The highest BCUT2D eigenvalue weighted by atomic mass is 35.5. The van der Waals surface area contributed by atoms with Gasteiger partial charge < -0.3 is 4.74 Å². The van der Waals surface area contributed by atoms with Crippen LogP contribution in [0.3, 0.4) is 0 Å². The SMILES string of the molecule is COc1cc(N2CC(=O)N(Cc3ccccc3Cl)C2=O)ccc1-c1cn[nH]c1. The van der Waals surface area contributed by atoms with Crippen molar-refractivity contribution in [2.75, 3.05) is 18.6 Å². The predicted octanol–water partition coefficient (Wildman–Crippen LogP) is 3.71. The first kappa shape index (κ1) is 18.1. The molecular weight excluding hydrogens is 380 g/mol. The first-order valence-corrected chi connectivity index (χ1v) is 8.98. The molecule has 1 aliphatic rings. The zero-order chi connectivity index (χ0) is 19.7. The molecule has 7 nitrogen and oxygen atoms in total. The van der Waals surface area contributed by atoms with E-state index in [4.69, 9.17) is 16.3 Å². The molecule has 0 unspecified atom stereocenters. The van der Waals surface area contributed by atoms with Crippen molar-refractivity contribution in [3.8, 4) is 16.9 Å². The van der Waals surface area contributed by atoms with Crippen molar-refractivity contribution in [2.45, 2.75) is 6.54 Å². The third kappa shape index (κ3) is 3.20. The number of nitrogens with zero attached hydrogens (tertiary/aromatic N) is 3. The number of ether oxygens (including phenoxy) is 1. The first-order chi connectivity index (χ1) is 13.6. The third-order valence-corrected chi connectivity index (χ3v) is 5.02. The van der Waals surface area contributed by atoms with E-state index in [0.29, 0.717) is 16.5 Å². The fourth-order valence-electron chi connectivity index (χ4n) is 3.18. The Balaban J connectivity index is 1.61. The summed E-state index contributed by atoms with van der Waals surface area (Å²) < 4.78 is 5.47. The Bertz CT molecular complexity index is 1040. The third-order valence-electron chi connectivity index (χ3n) is 4.65. The molecule has 1 aliphatic heterocycles. The summed E-state index contributed by atoms with van der Waals surface area (Å²) in [6.07, 6.45) is 3.45. The lowest BCUT2D eigenvalue weighted by molar-refractivity contribution is -0.125. The monoisotopic (exact) mass is 396 g/mol. The molecule has 3 aromatic rings. The zero-order valence-electron chi connectivity index (χ0n) is 15.1. The van der Waals surface area contributed by atoms with Crippen LogP contribution in [-0.2, 0) is 11.3 Å². The number of imide groups is 1. The standard InChI is InChI=1S/C20H17ClN4O3/c1-28-18-8-15(6-7-16(18)14-9-22-23-10-14)24-12-19(26)25(20(24)27)11-13-4-2-3-5-17(13)21/h2-10H,11-12H2,1H3,(H,22,23). The summed E-state index contributed by atoms with van der Waals surface area (Å²) in [5, 5.41) is 7.23. The minimum absolute atomic E-state index is 0.0303. The number of aromatic nitrogens is 2. The highest BCUT2D eigenvalue weighted by Crippen LogP contribution is 2.34. The van der Waals surface area contributed by atoms with E-state index >= 15 is 0 Å². The molecule has 0 spiro atoms. The van der Waals surface area contributed by atoms with Crippen molar-refractivity contribution < 1.29 is 14.3 Å².